The molecule has 1 rings (SSSR count). The van der Waals surface area contributed by atoms with Crippen molar-refractivity contribution >= 4 is 0 Å². The molecule has 0 unspecified atom stereocenters. The molecule has 0 fully saturated rings. The molecule has 0 aliphatic carbocycles. The first kappa shape index (κ1) is 15.6. The van der Waals surface area contributed by atoms with Gasteiger partial charge in [-0.05, 0) is 17.7 Å². The van der Waals surface area contributed by atoms with Gasteiger partial charge in [0, 0.05) is 0 Å². The number of halogens is 6. The molecule has 108 valence electrons. The van der Waals surface area contributed by atoms with Gasteiger partial charge in [0.1, 0.15) is 12.4 Å². The molecule has 0 bridgehead atoms. The Labute approximate surface area is 104 Å². The van der Waals surface area contributed by atoms with Crippen molar-refractivity contribution in [3.8, 4) is 5.75 Å². The summed E-state index contributed by atoms with van der Waals surface area (Å²) in [7, 11) is 0. The van der Waals surface area contributed by atoms with Crippen LogP contribution in [0.15, 0.2) is 24.3 Å². The predicted molar refractivity (Wildman–Crippen MR) is 53.9 cm³/mol. The highest BCUT2D eigenvalue weighted by atomic mass is 19.4. The largest absolute Gasteiger partial charge is 0.491 e. The number of aliphatic hydroxyl groups excluding tert-OH is 1. The van der Waals surface area contributed by atoms with Crippen LogP contribution in [-0.4, -0.2) is 30.7 Å². The van der Waals surface area contributed by atoms with Gasteiger partial charge in [-0.3, -0.25) is 0 Å². The average Bonchev–Trinajstić information content (AvgIpc) is 2.24. The van der Waals surface area contributed by atoms with Crippen molar-refractivity contribution in [1.29, 1.82) is 0 Å². The number of hydrogen-bond donors (Lipinski definition) is 1. The Bertz CT molecular complexity index is 381. The lowest BCUT2D eigenvalue weighted by atomic mass is 9.98. The van der Waals surface area contributed by atoms with Gasteiger partial charge in [-0.15, -0.1) is 0 Å². The third-order valence-corrected chi connectivity index (χ3v) is 2.23. The molecule has 2 nitrogen and oxygen atoms in total. The summed E-state index contributed by atoms with van der Waals surface area (Å²) in [5.41, 5.74) is -0.906. The predicted octanol–water partition coefficient (Wildman–Crippen LogP) is 3.27. The van der Waals surface area contributed by atoms with Gasteiger partial charge in [0.2, 0.25) is 0 Å². The second-order valence-electron chi connectivity index (χ2n) is 3.66. The smallest absolute Gasteiger partial charge is 0.404 e. The maximum absolute atomic E-state index is 12.4. The van der Waals surface area contributed by atoms with Crippen molar-refractivity contribution in [2.75, 3.05) is 13.2 Å². The molecular weight excluding hydrogens is 278 g/mol. The van der Waals surface area contributed by atoms with Crippen LogP contribution in [0.2, 0.25) is 0 Å². The van der Waals surface area contributed by atoms with Gasteiger partial charge in [-0.1, -0.05) is 12.1 Å². The Morgan fingerprint density at radius 2 is 1.42 bits per heavy atom. The number of alkyl halides is 6. The maximum Gasteiger partial charge on any atom is 0.404 e. The fourth-order valence-electron chi connectivity index (χ4n) is 1.48. The summed E-state index contributed by atoms with van der Waals surface area (Å²) >= 11 is 0. The SMILES string of the molecule is OCCOc1ccc(C(C(F)(F)F)C(F)(F)F)cc1. The van der Waals surface area contributed by atoms with Gasteiger partial charge < -0.3 is 9.84 Å². The van der Waals surface area contributed by atoms with E-state index < -0.39 is 23.8 Å². The highest BCUT2D eigenvalue weighted by Crippen LogP contribution is 2.46. The summed E-state index contributed by atoms with van der Waals surface area (Å²) in [6, 6.07) is 3.40. The number of rotatable bonds is 4. The zero-order valence-corrected chi connectivity index (χ0v) is 9.42. The van der Waals surface area contributed by atoms with Gasteiger partial charge in [0.15, 0.2) is 5.92 Å². The molecule has 0 heterocycles. The Kier molecular flexibility index (Phi) is 4.67. The van der Waals surface area contributed by atoms with E-state index in [0.717, 1.165) is 12.1 Å². The fraction of sp³-hybridized carbons (Fsp3) is 0.455. The summed E-state index contributed by atoms with van der Waals surface area (Å²) in [5, 5.41) is 8.46. The van der Waals surface area contributed by atoms with E-state index in [1.54, 1.807) is 0 Å². The van der Waals surface area contributed by atoms with Crippen LogP contribution in [-0.2, 0) is 0 Å². The lowest BCUT2D eigenvalue weighted by Gasteiger charge is -2.23. The van der Waals surface area contributed by atoms with Crippen molar-refractivity contribution in [2.24, 2.45) is 0 Å². The molecule has 0 spiro atoms. The topological polar surface area (TPSA) is 29.5 Å². The van der Waals surface area contributed by atoms with Crippen LogP contribution in [0.1, 0.15) is 11.5 Å². The molecule has 8 heteroatoms. The third kappa shape index (κ3) is 4.30. The number of ether oxygens (including phenoxy) is 1. The Balaban J connectivity index is 2.99. The molecule has 0 aliphatic heterocycles. The van der Waals surface area contributed by atoms with E-state index in [4.69, 9.17) is 9.84 Å². The first-order valence-corrected chi connectivity index (χ1v) is 5.13. The molecule has 0 radical (unpaired) electrons. The summed E-state index contributed by atoms with van der Waals surface area (Å²) in [4.78, 5) is 0. The number of benzene rings is 1. The van der Waals surface area contributed by atoms with Crippen LogP contribution in [0, 0.1) is 0 Å². The monoisotopic (exact) mass is 288 g/mol. The Morgan fingerprint density at radius 1 is 0.947 bits per heavy atom. The standard InChI is InChI=1S/C11H10F6O2/c12-10(13,14)9(11(15,16)17)7-1-3-8(4-2-7)19-6-5-18/h1-4,9,18H,5-6H2. The molecule has 1 aromatic rings. The molecule has 0 atom stereocenters. The van der Waals surface area contributed by atoms with E-state index in [2.05, 4.69) is 0 Å². The molecule has 1 N–H and O–H groups in total. The van der Waals surface area contributed by atoms with Gasteiger partial charge in [-0.2, -0.15) is 26.3 Å². The van der Waals surface area contributed by atoms with E-state index in [1.165, 1.54) is 0 Å². The van der Waals surface area contributed by atoms with Crippen molar-refractivity contribution in [3.63, 3.8) is 0 Å². The summed E-state index contributed by atoms with van der Waals surface area (Å²) in [5.74, 6) is -3.44. The molecule has 0 amide bonds. The van der Waals surface area contributed by atoms with Crippen LogP contribution < -0.4 is 4.74 Å². The summed E-state index contributed by atoms with van der Waals surface area (Å²) in [6.45, 7) is -0.406. The second-order valence-corrected chi connectivity index (χ2v) is 3.66. The molecule has 19 heavy (non-hydrogen) atoms. The lowest BCUT2D eigenvalue weighted by Crippen LogP contribution is -2.34. The lowest BCUT2D eigenvalue weighted by molar-refractivity contribution is -0.253. The van der Waals surface area contributed by atoms with Crippen LogP contribution in [0.25, 0.3) is 0 Å². The third-order valence-electron chi connectivity index (χ3n) is 2.23. The summed E-state index contributed by atoms with van der Waals surface area (Å²) in [6.07, 6.45) is -10.8. The zero-order chi connectivity index (χ0) is 14.7. The van der Waals surface area contributed by atoms with Crippen molar-refractivity contribution < 1.29 is 36.2 Å². The van der Waals surface area contributed by atoms with Crippen LogP contribution in [0.3, 0.4) is 0 Å². The average molecular weight is 288 g/mol. The van der Waals surface area contributed by atoms with E-state index >= 15 is 0 Å². The fourth-order valence-corrected chi connectivity index (χ4v) is 1.48. The normalized spacial score (nSPS) is 12.8. The Hall–Kier alpha value is -1.44. The van der Waals surface area contributed by atoms with Crippen LogP contribution in [0.5, 0.6) is 5.75 Å². The second kappa shape index (κ2) is 5.68. The minimum absolute atomic E-state index is 0.0842. The van der Waals surface area contributed by atoms with E-state index in [0.29, 0.717) is 12.1 Å². The zero-order valence-electron chi connectivity index (χ0n) is 9.42. The molecule has 0 saturated carbocycles. The molecule has 1 aromatic carbocycles. The van der Waals surface area contributed by atoms with Crippen LogP contribution in [0.4, 0.5) is 26.3 Å². The minimum Gasteiger partial charge on any atom is -0.491 e. The highest BCUT2D eigenvalue weighted by Gasteiger charge is 2.57. The summed E-state index contributed by atoms with van der Waals surface area (Å²) < 4.78 is 79.4. The van der Waals surface area contributed by atoms with Gasteiger partial charge in [0.05, 0.1) is 6.61 Å². The first-order valence-electron chi connectivity index (χ1n) is 5.13. The van der Waals surface area contributed by atoms with Crippen molar-refractivity contribution in [1.82, 2.24) is 0 Å². The number of aliphatic hydroxyl groups is 1. The Morgan fingerprint density at radius 3 is 1.79 bits per heavy atom. The van der Waals surface area contributed by atoms with Gasteiger partial charge in [-0.25, -0.2) is 0 Å². The van der Waals surface area contributed by atoms with E-state index in [9.17, 15) is 26.3 Å². The minimum atomic E-state index is -5.41. The molecule has 0 aromatic heterocycles. The van der Waals surface area contributed by atoms with E-state index in [-0.39, 0.29) is 19.0 Å². The highest BCUT2D eigenvalue weighted by molar-refractivity contribution is 5.31. The van der Waals surface area contributed by atoms with Crippen molar-refractivity contribution in [3.05, 3.63) is 29.8 Å². The first-order chi connectivity index (χ1) is 8.66. The molecule has 0 aliphatic rings. The maximum atomic E-state index is 12.4. The van der Waals surface area contributed by atoms with Gasteiger partial charge >= 0.3 is 12.4 Å². The van der Waals surface area contributed by atoms with Gasteiger partial charge in [0.25, 0.3) is 0 Å². The molecule has 0 saturated heterocycles. The molecular formula is C11H10F6O2. The number of hydrogen-bond acceptors (Lipinski definition) is 2. The van der Waals surface area contributed by atoms with Crippen LogP contribution >= 0.6 is 0 Å². The quantitative estimate of drug-likeness (QED) is 0.862. The van der Waals surface area contributed by atoms with E-state index in [1.807, 2.05) is 0 Å². The van der Waals surface area contributed by atoms with Crippen molar-refractivity contribution in [2.45, 2.75) is 18.3 Å².